The predicted octanol–water partition coefficient (Wildman–Crippen LogP) is 1.91. The number of hydrogen-bond acceptors (Lipinski definition) is 5. The van der Waals surface area contributed by atoms with E-state index in [1.165, 1.54) is 0 Å². The van der Waals surface area contributed by atoms with Crippen LogP contribution < -0.4 is 18.9 Å². The van der Waals surface area contributed by atoms with E-state index in [9.17, 15) is 8.42 Å². The smallest absolute Gasteiger partial charge is 0.231 e. The van der Waals surface area contributed by atoms with E-state index >= 15 is 0 Å². The van der Waals surface area contributed by atoms with Crippen LogP contribution in [0.4, 0.5) is 0 Å². The van der Waals surface area contributed by atoms with Crippen molar-refractivity contribution in [1.82, 2.24) is 4.72 Å². The van der Waals surface area contributed by atoms with Crippen molar-refractivity contribution in [3.8, 4) is 17.2 Å². The van der Waals surface area contributed by atoms with Gasteiger partial charge < -0.3 is 14.2 Å². The van der Waals surface area contributed by atoms with Gasteiger partial charge in [-0.3, -0.25) is 0 Å². The fourth-order valence-corrected chi connectivity index (χ4v) is 2.94. The Hall–Kier alpha value is -2.25. The van der Waals surface area contributed by atoms with E-state index in [-0.39, 0.29) is 25.7 Å². The maximum Gasteiger partial charge on any atom is 0.231 e. The average molecular weight is 335 g/mol. The molecule has 0 spiro atoms. The third-order valence-corrected chi connectivity index (χ3v) is 4.59. The number of sulfonamides is 1. The average Bonchev–Trinajstić information content (AvgIpc) is 3.01. The molecule has 0 bridgehead atoms. The molecule has 122 valence electrons. The summed E-state index contributed by atoms with van der Waals surface area (Å²) in [5.41, 5.74) is 0.807. The van der Waals surface area contributed by atoms with E-state index in [4.69, 9.17) is 14.2 Å². The molecule has 2 aromatic carbocycles. The fraction of sp³-hybridized carbons (Fsp3) is 0.250. The highest BCUT2D eigenvalue weighted by Crippen LogP contribution is 2.32. The molecule has 2 aromatic rings. The van der Waals surface area contributed by atoms with Gasteiger partial charge in [-0.05, 0) is 29.8 Å². The summed E-state index contributed by atoms with van der Waals surface area (Å²) < 4.78 is 42.4. The minimum absolute atomic E-state index is 0.0977. The second-order valence-electron chi connectivity index (χ2n) is 4.99. The summed E-state index contributed by atoms with van der Waals surface area (Å²) in [5.74, 6) is 1.85. The van der Waals surface area contributed by atoms with Crippen LogP contribution in [0, 0.1) is 0 Å². The summed E-state index contributed by atoms with van der Waals surface area (Å²) in [5, 5.41) is 0. The molecule has 0 radical (unpaired) electrons. The standard InChI is InChI=1S/C16H17NO5S/c18-23(19,9-8-20-14-4-2-1-3-5-14)17-11-13-6-7-15-16(10-13)22-12-21-15/h1-7,10,17H,8-9,11-12H2. The fourth-order valence-electron chi connectivity index (χ4n) is 2.10. The van der Waals surface area contributed by atoms with Crippen LogP contribution in [0.1, 0.15) is 5.56 Å². The molecule has 3 rings (SSSR count). The summed E-state index contributed by atoms with van der Waals surface area (Å²) in [7, 11) is -3.41. The van der Waals surface area contributed by atoms with E-state index in [0.717, 1.165) is 5.56 Å². The Balaban J connectivity index is 1.48. The first-order chi connectivity index (χ1) is 11.1. The van der Waals surface area contributed by atoms with Crippen LogP contribution in [0.3, 0.4) is 0 Å². The minimum Gasteiger partial charge on any atom is -0.492 e. The van der Waals surface area contributed by atoms with Crippen LogP contribution in [0.5, 0.6) is 17.2 Å². The molecule has 0 unspecified atom stereocenters. The first-order valence-electron chi connectivity index (χ1n) is 7.16. The lowest BCUT2D eigenvalue weighted by molar-refractivity contribution is 0.174. The van der Waals surface area contributed by atoms with Gasteiger partial charge in [0.2, 0.25) is 16.8 Å². The van der Waals surface area contributed by atoms with Crippen molar-refractivity contribution < 1.29 is 22.6 Å². The molecule has 1 aliphatic rings. The van der Waals surface area contributed by atoms with E-state index < -0.39 is 10.0 Å². The molecule has 1 N–H and O–H groups in total. The number of hydrogen-bond donors (Lipinski definition) is 1. The van der Waals surface area contributed by atoms with Gasteiger partial charge in [0.25, 0.3) is 0 Å². The van der Waals surface area contributed by atoms with Crippen molar-refractivity contribution in [2.45, 2.75) is 6.54 Å². The number of nitrogens with one attached hydrogen (secondary N) is 1. The molecule has 1 heterocycles. The molecule has 0 aromatic heterocycles. The lowest BCUT2D eigenvalue weighted by Crippen LogP contribution is -2.28. The predicted molar refractivity (Wildman–Crippen MR) is 85.1 cm³/mol. The molecule has 6 nitrogen and oxygen atoms in total. The van der Waals surface area contributed by atoms with Crippen LogP contribution in [0.2, 0.25) is 0 Å². The van der Waals surface area contributed by atoms with Crippen LogP contribution in [0.15, 0.2) is 48.5 Å². The SMILES string of the molecule is O=S(=O)(CCOc1ccccc1)NCc1ccc2c(c1)OCO2. The van der Waals surface area contributed by atoms with Crippen LogP contribution in [-0.2, 0) is 16.6 Å². The molecule has 0 saturated carbocycles. The topological polar surface area (TPSA) is 73.9 Å². The van der Waals surface area contributed by atoms with Gasteiger partial charge in [-0.25, -0.2) is 13.1 Å². The Bertz CT molecular complexity index is 761. The van der Waals surface area contributed by atoms with Crippen LogP contribution in [-0.4, -0.2) is 27.6 Å². The van der Waals surface area contributed by atoms with Gasteiger partial charge in [0.15, 0.2) is 11.5 Å². The molecule has 0 aliphatic carbocycles. The maximum absolute atomic E-state index is 12.0. The minimum atomic E-state index is -3.41. The molecule has 0 saturated heterocycles. The van der Waals surface area contributed by atoms with Gasteiger partial charge in [-0.15, -0.1) is 0 Å². The van der Waals surface area contributed by atoms with E-state index in [1.54, 1.807) is 30.3 Å². The number of ether oxygens (including phenoxy) is 3. The van der Waals surface area contributed by atoms with Crippen molar-refractivity contribution in [1.29, 1.82) is 0 Å². The number of rotatable bonds is 7. The molecule has 23 heavy (non-hydrogen) atoms. The van der Waals surface area contributed by atoms with Crippen molar-refractivity contribution in [2.24, 2.45) is 0 Å². The second-order valence-corrected chi connectivity index (χ2v) is 6.92. The zero-order valence-electron chi connectivity index (χ0n) is 12.4. The Kier molecular flexibility index (Phi) is 4.68. The molecule has 1 aliphatic heterocycles. The molecule has 0 fully saturated rings. The highest BCUT2D eigenvalue weighted by molar-refractivity contribution is 7.89. The van der Waals surface area contributed by atoms with Gasteiger partial charge in [0, 0.05) is 6.54 Å². The van der Waals surface area contributed by atoms with Crippen molar-refractivity contribution in [3.05, 3.63) is 54.1 Å². The monoisotopic (exact) mass is 335 g/mol. The normalized spacial score (nSPS) is 13.0. The summed E-state index contributed by atoms with van der Waals surface area (Å²) in [6.07, 6.45) is 0. The summed E-state index contributed by atoms with van der Waals surface area (Å²) >= 11 is 0. The van der Waals surface area contributed by atoms with Crippen LogP contribution in [0.25, 0.3) is 0 Å². The lowest BCUT2D eigenvalue weighted by Gasteiger charge is -2.09. The van der Waals surface area contributed by atoms with Gasteiger partial charge in [-0.2, -0.15) is 0 Å². The number of benzene rings is 2. The molecule has 0 atom stereocenters. The Morgan fingerprint density at radius 1 is 1.04 bits per heavy atom. The van der Waals surface area contributed by atoms with Crippen molar-refractivity contribution >= 4 is 10.0 Å². The Labute approximate surface area is 135 Å². The van der Waals surface area contributed by atoms with Gasteiger partial charge >= 0.3 is 0 Å². The van der Waals surface area contributed by atoms with Crippen LogP contribution >= 0.6 is 0 Å². The van der Waals surface area contributed by atoms with Gasteiger partial charge in [0.1, 0.15) is 12.4 Å². The zero-order valence-corrected chi connectivity index (χ0v) is 13.2. The first kappa shape index (κ1) is 15.6. The third kappa shape index (κ3) is 4.37. The van der Waals surface area contributed by atoms with E-state index in [1.807, 2.05) is 18.2 Å². The van der Waals surface area contributed by atoms with E-state index in [0.29, 0.717) is 17.2 Å². The second kappa shape index (κ2) is 6.89. The van der Waals surface area contributed by atoms with Gasteiger partial charge in [-0.1, -0.05) is 24.3 Å². The summed E-state index contributed by atoms with van der Waals surface area (Å²) in [6.45, 7) is 0.492. The highest BCUT2D eigenvalue weighted by Gasteiger charge is 2.15. The molecule has 7 heteroatoms. The largest absolute Gasteiger partial charge is 0.492 e. The Morgan fingerprint density at radius 3 is 2.65 bits per heavy atom. The summed E-state index contributed by atoms with van der Waals surface area (Å²) in [4.78, 5) is 0. The highest BCUT2D eigenvalue weighted by atomic mass is 32.2. The maximum atomic E-state index is 12.0. The quantitative estimate of drug-likeness (QED) is 0.837. The van der Waals surface area contributed by atoms with Crippen molar-refractivity contribution in [3.63, 3.8) is 0 Å². The Morgan fingerprint density at radius 2 is 1.83 bits per heavy atom. The number of para-hydroxylation sites is 1. The molecule has 0 amide bonds. The summed E-state index contributed by atoms with van der Waals surface area (Å²) in [6, 6.07) is 14.4. The van der Waals surface area contributed by atoms with Crippen molar-refractivity contribution in [2.75, 3.05) is 19.2 Å². The third-order valence-electron chi connectivity index (χ3n) is 3.30. The van der Waals surface area contributed by atoms with E-state index in [2.05, 4.69) is 4.72 Å². The lowest BCUT2D eigenvalue weighted by atomic mass is 10.2. The molecular weight excluding hydrogens is 318 g/mol. The number of fused-ring (bicyclic) bond motifs is 1. The van der Waals surface area contributed by atoms with Gasteiger partial charge in [0.05, 0.1) is 5.75 Å². The molecular formula is C16H17NO5S. The first-order valence-corrected chi connectivity index (χ1v) is 8.81. The zero-order chi connectivity index (χ0) is 16.1.